The molecule has 2 aromatic rings. The van der Waals surface area contributed by atoms with E-state index in [1.54, 1.807) is 32.2 Å². The van der Waals surface area contributed by atoms with Gasteiger partial charge in [-0.15, -0.1) is 0 Å². The molecule has 0 atom stereocenters. The van der Waals surface area contributed by atoms with Crippen molar-refractivity contribution >= 4 is 5.91 Å². The van der Waals surface area contributed by atoms with Crippen LogP contribution in [0.2, 0.25) is 0 Å². The number of carbonyl (C=O) groups excluding carboxylic acids is 1. The highest BCUT2D eigenvalue weighted by Crippen LogP contribution is 2.22. The molecule has 0 aromatic heterocycles. The first kappa shape index (κ1) is 12.3. The van der Waals surface area contributed by atoms with Gasteiger partial charge in [-0.3, -0.25) is 4.79 Å². The third-order valence-electron chi connectivity index (χ3n) is 2.88. The van der Waals surface area contributed by atoms with E-state index in [0.717, 1.165) is 11.1 Å². The molecule has 0 aliphatic rings. The van der Waals surface area contributed by atoms with Gasteiger partial charge < -0.3 is 5.32 Å². The van der Waals surface area contributed by atoms with Crippen LogP contribution in [0, 0.1) is 12.7 Å². The van der Waals surface area contributed by atoms with Crippen LogP contribution in [0.1, 0.15) is 15.9 Å². The number of carbonyl (C=O) groups is 1. The van der Waals surface area contributed by atoms with Gasteiger partial charge in [0.2, 0.25) is 0 Å². The van der Waals surface area contributed by atoms with E-state index in [-0.39, 0.29) is 11.7 Å². The van der Waals surface area contributed by atoms with Crippen LogP contribution < -0.4 is 5.32 Å². The summed E-state index contributed by atoms with van der Waals surface area (Å²) in [5, 5.41) is 2.56. The van der Waals surface area contributed by atoms with E-state index in [2.05, 4.69) is 5.32 Å². The molecule has 0 aliphatic heterocycles. The Hall–Kier alpha value is -2.16. The van der Waals surface area contributed by atoms with Gasteiger partial charge in [-0.05, 0) is 41.8 Å². The van der Waals surface area contributed by atoms with Crippen LogP contribution in [0.25, 0.3) is 11.1 Å². The molecule has 0 saturated heterocycles. The Labute approximate surface area is 105 Å². The molecular formula is C15H14FNO. The molecule has 0 heterocycles. The Bertz CT molecular complexity index is 576. The van der Waals surface area contributed by atoms with Gasteiger partial charge in [0.05, 0.1) is 0 Å². The van der Waals surface area contributed by atoms with E-state index in [1.807, 2.05) is 18.2 Å². The SMILES string of the molecule is CNC(=O)c1ccc(-c2ccc(C)c(F)c2)cc1. The highest BCUT2D eigenvalue weighted by molar-refractivity contribution is 5.94. The average Bonchev–Trinajstić information content (AvgIpc) is 2.41. The van der Waals surface area contributed by atoms with E-state index in [1.165, 1.54) is 6.07 Å². The number of hydrogen-bond acceptors (Lipinski definition) is 1. The maximum Gasteiger partial charge on any atom is 0.251 e. The maximum absolute atomic E-state index is 13.5. The molecule has 2 aromatic carbocycles. The zero-order valence-electron chi connectivity index (χ0n) is 10.3. The summed E-state index contributed by atoms with van der Waals surface area (Å²) in [4.78, 5) is 11.4. The highest BCUT2D eigenvalue weighted by Gasteiger charge is 2.05. The summed E-state index contributed by atoms with van der Waals surface area (Å²) in [5.41, 5.74) is 2.91. The molecular weight excluding hydrogens is 229 g/mol. The lowest BCUT2D eigenvalue weighted by Crippen LogP contribution is -2.17. The second-order valence-electron chi connectivity index (χ2n) is 4.12. The van der Waals surface area contributed by atoms with Crippen LogP contribution in [0.5, 0.6) is 0 Å². The van der Waals surface area contributed by atoms with Crippen LogP contribution in [0.3, 0.4) is 0 Å². The normalized spacial score (nSPS) is 10.2. The van der Waals surface area contributed by atoms with Gasteiger partial charge in [-0.2, -0.15) is 0 Å². The number of rotatable bonds is 2. The van der Waals surface area contributed by atoms with Crippen molar-refractivity contribution in [3.05, 3.63) is 59.4 Å². The van der Waals surface area contributed by atoms with E-state index in [0.29, 0.717) is 11.1 Å². The molecule has 18 heavy (non-hydrogen) atoms. The number of benzene rings is 2. The summed E-state index contributed by atoms with van der Waals surface area (Å²) in [6, 6.07) is 12.2. The molecule has 3 heteroatoms. The fourth-order valence-electron chi connectivity index (χ4n) is 1.73. The summed E-state index contributed by atoms with van der Waals surface area (Å²) in [5.74, 6) is -0.348. The van der Waals surface area contributed by atoms with Crippen LogP contribution in [0.15, 0.2) is 42.5 Å². The molecule has 0 saturated carbocycles. The molecule has 0 bridgehead atoms. The Morgan fingerprint density at radius 1 is 1.06 bits per heavy atom. The Morgan fingerprint density at radius 3 is 2.22 bits per heavy atom. The van der Waals surface area contributed by atoms with Gasteiger partial charge in [-0.25, -0.2) is 4.39 Å². The Balaban J connectivity index is 2.34. The van der Waals surface area contributed by atoms with Gasteiger partial charge in [0.15, 0.2) is 0 Å². The van der Waals surface area contributed by atoms with E-state index < -0.39 is 0 Å². The average molecular weight is 243 g/mol. The van der Waals surface area contributed by atoms with Crippen molar-refractivity contribution in [1.82, 2.24) is 5.32 Å². The summed E-state index contributed by atoms with van der Waals surface area (Å²) >= 11 is 0. The monoisotopic (exact) mass is 243 g/mol. The minimum absolute atomic E-state index is 0.128. The summed E-state index contributed by atoms with van der Waals surface area (Å²) in [7, 11) is 1.59. The minimum Gasteiger partial charge on any atom is -0.355 e. The predicted molar refractivity (Wildman–Crippen MR) is 70.0 cm³/mol. The first-order chi connectivity index (χ1) is 8.61. The number of halogens is 1. The molecule has 1 amide bonds. The molecule has 0 spiro atoms. The highest BCUT2D eigenvalue weighted by atomic mass is 19.1. The molecule has 2 nitrogen and oxygen atoms in total. The fraction of sp³-hybridized carbons (Fsp3) is 0.133. The van der Waals surface area contributed by atoms with Crippen LogP contribution in [-0.2, 0) is 0 Å². The topological polar surface area (TPSA) is 29.1 Å². The Morgan fingerprint density at radius 2 is 1.67 bits per heavy atom. The standard InChI is InChI=1S/C15H14FNO/c1-10-3-4-13(9-14(10)16)11-5-7-12(8-6-11)15(18)17-2/h3-9H,1-2H3,(H,17,18). The van der Waals surface area contributed by atoms with Crippen molar-refractivity contribution in [3.8, 4) is 11.1 Å². The molecule has 0 unspecified atom stereocenters. The zero-order valence-corrected chi connectivity index (χ0v) is 10.3. The lowest BCUT2D eigenvalue weighted by molar-refractivity contribution is 0.0963. The van der Waals surface area contributed by atoms with Crippen molar-refractivity contribution in [2.24, 2.45) is 0 Å². The van der Waals surface area contributed by atoms with Crippen LogP contribution in [-0.4, -0.2) is 13.0 Å². The van der Waals surface area contributed by atoms with Crippen molar-refractivity contribution < 1.29 is 9.18 Å². The lowest BCUT2D eigenvalue weighted by Gasteiger charge is -2.05. The second kappa shape index (κ2) is 5.00. The molecule has 92 valence electrons. The number of hydrogen-bond donors (Lipinski definition) is 1. The largest absolute Gasteiger partial charge is 0.355 e. The van der Waals surface area contributed by atoms with Gasteiger partial charge >= 0.3 is 0 Å². The van der Waals surface area contributed by atoms with Crippen LogP contribution >= 0.6 is 0 Å². The maximum atomic E-state index is 13.5. The summed E-state index contributed by atoms with van der Waals surface area (Å²) in [6.07, 6.45) is 0. The van der Waals surface area contributed by atoms with Gasteiger partial charge in [-0.1, -0.05) is 24.3 Å². The molecule has 2 rings (SSSR count). The van der Waals surface area contributed by atoms with Crippen molar-refractivity contribution in [1.29, 1.82) is 0 Å². The second-order valence-corrected chi connectivity index (χ2v) is 4.12. The van der Waals surface area contributed by atoms with E-state index in [4.69, 9.17) is 0 Å². The van der Waals surface area contributed by atoms with Crippen molar-refractivity contribution in [2.45, 2.75) is 6.92 Å². The van der Waals surface area contributed by atoms with Crippen LogP contribution in [0.4, 0.5) is 4.39 Å². The first-order valence-electron chi connectivity index (χ1n) is 5.70. The fourth-order valence-corrected chi connectivity index (χ4v) is 1.73. The van der Waals surface area contributed by atoms with Crippen molar-refractivity contribution in [2.75, 3.05) is 7.05 Å². The number of nitrogens with one attached hydrogen (secondary N) is 1. The molecule has 1 N–H and O–H groups in total. The predicted octanol–water partition coefficient (Wildman–Crippen LogP) is 3.16. The zero-order chi connectivity index (χ0) is 13.1. The quantitative estimate of drug-likeness (QED) is 0.862. The van der Waals surface area contributed by atoms with Crippen molar-refractivity contribution in [3.63, 3.8) is 0 Å². The molecule has 0 aliphatic carbocycles. The molecule has 0 radical (unpaired) electrons. The summed E-state index contributed by atoms with van der Waals surface area (Å²) in [6.45, 7) is 1.73. The number of aryl methyl sites for hydroxylation is 1. The van der Waals surface area contributed by atoms with E-state index >= 15 is 0 Å². The van der Waals surface area contributed by atoms with Gasteiger partial charge in [0, 0.05) is 12.6 Å². The Kier molecular flexibility index (Phi) is 3.42. The van der Waals surface area contributed by atoms with Gasteiger partial charge in [0.1, 0.15) is 5.82 Å². The van der Waals surface area contributed by atoms with E-state index in [9.17, 15) is 9.18 Å². The first-order valence-corrected chi connectivity index (χ1v) is 5.70. The summed E-state index contributed by atoms with van der Waals surface area (Å²) < 4.78 is 13.5. The van der Waals surface area contributed by atoms with Gasteiger partial charge in [0.25, 0.3) is 5.91 Å². The number of amides is 1. The minimum atomic E-state index is -0.220. The lowest BCUT2D eigenvalue weighted by atomic mass is 10.0. The third kappa shape index (κ3) is 2.40. The third-order valence-corrected chi connectivity index (χ3v) is 2.88. The smallest absolute Gasteiger partial charge is 0.251 e. The molecule has 0 fully saturated rings.